The molecular formula is C23H39Na3O6S. The van der Waals surface area contributed by atoms with Gasteiger partial charge >= 0.3 is 88.7 Å². The summed E-state index contributed by atoms with van der Waals surface area (Å²) in [6, 6.07) is 0. The summed E-state index contributed by atoms with van der Waals surface area (Å²) in [4.78, 5) is 32.9. The van der Waals surface area contributed by atoms with Crippen molar-refractivity contribution in [3.05, 3.63) is 0 Å². The third-order valence-electron chi connectivity index (χ3n) is 5.42. The van der Waals surface area contributed by atoms with Crippen LogP contribution in [-0.4, -0.2) is 29.4 Å². The van der Waals surface area contributed by atoms with E-state index in [-0.39, 0.29) is 94.4 Å². The van der Waals surface area contributed by atoms with Gasteiger partial charge in [-0.25, -0.2) is 0 Å². The second-order valence-electron chi connectivity index (χ2n) is 8.10. The molecule has 0 bridgehead atoms. The number of thioether (sulfide) groups is 1. The van der Waals surface area contributed by atoms with Gasteiger partial charge in [-0.1, -0.05) is 90.4 Å². The quantitative estimate of drug-likeness (QED) is 0.104. The maximum Gasteiger partial charge on any atom is 1.00 e. The molecule has 10 heteroatoms. The number of carboxylic acids is 3. The van der Waals surface area contributed by atoms with Crippen molar-refractivity contribution in [1.82, 2.24) is 0 Å². The van der Waals surface area contributed by atoms with Crippen molar-refractivity contribution in [2.45, 2.75) is 103 Å². The van der Waals surface area contributed by atoms with Crippen molar-refractivity contribution >= 4 is 29.7 Å². The fraction of sp³-hybridized carbons (Fsp3) is 0.870. The number of carbonyl (C=O) groups is 3. The Hall–Kier alpha value is 1.76. The van der Waals surface area contributed by atoms with E-state index in [0.29, 0.717) is 5.75 Å². The Morgan fingerprint density at radius 1 is 0.606 bits per heavy atom. The molecule has 0 aromatic rings. The largest absolute Gasteiger partial charge is 1.00 e. The Morgan fingerprint density at radius 3 is 1.30 bits per heavy atom. The minimum atomic E-state index is -1.69. The molecule has 2 unspecified atom stereocenters. The summed E-state index contributed by atoms with van der Waals surface area (Å²) >= 11 is 1.32. The van der Waals surface area contributed by atoms with E-state index in [1.54, 1.807) is 0 Å². The molecule has 176 valence electrons. The van der Waals surface area contributed by atoms with E-state index in [2.05, 4.69) is 6.92 Å². The van der Waals surface area contributed by atoms with Crippen molar-refractivity contribution in [1.29, 1.82) is 0 Å². The molecule has 0 radical (unpaired) electrons. The van der Waals surface area contributed by atoms with Crippen LogP contribution in [0.15, 0.2) is 0 Å². The van der Waals surface area contributed by atoms with Crippen LogP contribution in [0.1, 0.15) is 103 Å². The van der Waals surface area contributed by atoms with Crippen LogP contribution in [0.5, 0.6) is 0 Å². The molecule has 0 amide bonds. The first-order chi connectivity index (χ1) is 14.4. The minimum Gasteiger partial charge on any atom is -0.550 e. The normalized spacial score (nSPS) is 11.9. The molecule has 0 aliphatic rings. The van der Waals surface area contributed by atoms with Gasteiger partial charge in [-0.15, -0.1) is 0 Å². The van der Waals surface area contributed by atoms with Crippen molar-refractivity contribution < 1.29 is 118 Å². The molecule has 0 spiro atoms. The fourth-order valence-electron chi connectivity index (χ4n) is 3.53. The first kappa shape index (κ1) is 41.9. The van der Waals surface area contributed by atoms with Crippen LogP contribution in [0.25, 0.3) is 0 Å². The van der Waals surface area contributed by atoms with Crippen LogP contribution in [-0.2, 0) is 14.4 Å². The molecule has 0 aliphatic heterocycles. The molecule has 0 N–H and O–H groups in total. The molecule has 0 aliphatic carbocycles. The van der Waals surface area contributed by atoms with Crippen LogP contribution in [0.4, 0.5) is 0 Å². The number of rotatable bonds is 22. The molecule has 0 fully saturated rings. The first-order valence-corrected chi connectivity index (χ1v) is 12.7. The number of hydrogen-bond donors (Lipinski definition) is 0. The summed E-state index contributed by atoms with van der Waals surface area (Å²) in [6.07, 6.45) is 16.8. The van der Waals surface area contributed by atoms with E-state index in [4.69, 9.17) is 0 Å². The summed E-state index contributed by atoms with van der Waals surface area (Å²) in [5, 5.41) is 32.9. The van der Waals surface area contributed by atoms with Crippen LogP contribution >= 0.6 is 11.8 Å². The van der Waals surface area contributed by atoms with Gasteiger partial charge < -0.3 is 29.7 Å². The van der Waals surface area contributed by atoms with Crippen LogP contribution < -0.4 is 104 Å². The van der Waals surface area contributed by atoms with Gasteiger partial charge in [0, 0.05) is 35.5 Å². The topological polar surface area (TPSA) is 120 Å². The SMILES string of the molecule is CCCCCCCCCCCCCCCCSCC(C(=O)[O-])C(CC(=O)[O-])C(=O)[O-].[Na+].[Na+].[Na+]. The smallest absolute Gasteiger partial charge is 0.550 e. The Labute approximate surface area is 271 Å². The van der Waals surface area contributed by atoms with Crippen molar-refractivity contribution in [2.24, 2.45) is 11.8 Å². The van der Waals surface area contributed by atoms with E-state index in [0.717, 1.165) is 19.3 Å². The van der Waals surface area contributed by atoms with E-state index in [1.165, 1.54) is 82.4 Å². The molecule has 0 saturated carbocycles. The molecule has 33 heavy (non-hydrogen) atoms. The Bertz CT molecular complexity index is 483. The molecule has 2 atom stereocenters. The van der Waals surface area contributed by atoms with Gasteiger partial charge in [-0.05, 0) is 18.6 Å². The number of carboxylic acid groups (broad SMARTS) is 3. The van der Waals surface area contributed by atoms with E-state index in [9.17, 15) is 29.7 Å². The van der Waals surface area contributed by atoms with Crippen molar-refractivity contribution in [3.63, 3.8) is 0 Å². The van der Waals surface area contributed by atoms with Crippen molar-refractivity contribution in [2.75, 3.05) is 11.5 Å². The average molecular weight is 513 g/mol. The van der Waals surface area contributed by atoms with E-state index in [1.807, 2.05) is 0 Å². The first-order valence-electron chi connectivity index (χ1n) is 11.6. The maximum absolute atomic E-state index is 11.2. The molecule has 0 heterocycles. The predicted molar refractivity (Wildman–Crippen MR) is 114 cm³/mol. The third-order valence-corrected chi connectivity index (χ3v) is 6.59. The average Bonchev–Trinajstić information content (AvgIpc) is 2.68. The van der Waals surface area contributed by atoms with E-state index < -0.39 is 36.2 Å². The zero-order valence-corrected chi connectivity index (χ0v) is 28.3. The second kappa shape index (κ2) is 30.0. The van der Waals surface area contributed by atoms with Crippen LogP contribution in [0, 0.1) is 11.8 Å². The number of aliphatic carboxylic acids is 3. The van der Waals surface area contributed by atoms with Gasteiger partial charge in [0.05, 0.1) is 0 Å². The van der Waals surface area contributed by atoms with Gasteiger partial charge in [0.1, 0.15) is 0 Å². The van der Waals surface area contributed by atoms with E-state index >= 15 is 0 Å². The van der Waals surface area contributed by atoms with Gasteiger partial charge in [-0.2, -0.15) is 11.8 Å². The zero-order chi connectivity index (χ0) is 22.6. The molecule has 0 aromatic carbocycles. The third kappa shape index (κ3) is 26.6. The summed E-state index contributed by atoms with van der Waals surface area (Å²) in [5.41, 5.74) is 0. The molecular weight excluding hydrogens is 473 g/mol. The van der Waals surface area contributed by atoms with Gasteiger partial charge in [0.15, 0.2) is 0 Å². The summed E-state index contributed by atoms with van der Waals surface area (Å²) < 4.78 is 0. The van der Waals surface area contributed by atoms with Crippen LogP contribution in [0.2, 0.25) is 0 Å². The summed E-state index contributed by atoms with van der Waals surface area (Å²) in [5.74, 6) is -7.13. The van der Waals surface area contributed by atoms with Crippen molar-refractivity contribution in [3.8, 4) is 0 Å². The predicted octanol–water partition coefficient (Wildman–Crippen LogP) is -6.91. The number of carbonyl (C=O) groups excluding carboxylic acids is 3. The van der Waals surface area contributed by atoms with Gasteiger partial charge in [-0.3, -0.25) is 0 Å². The Balaban J connectivity index is -0.00000140. The van der Waals surface area contributed by atoms with Gasteiger partial charge in [0.25, 0.3) is 0 Å². The minimum absolute atomic E-state index is 0. The monoisotopic (exact) mass is 512 g/mol. The Kier molecular flexibility index (Phi) is 38.0. The Morgan fingerprint density at radius 2 is 0.970 bits per heavy atom. The summed E-state index contributed by atoms with van der Waals surface area (Å²) in [7, 11) is 0. The molecule has 0 aromatic heterocycles. The summed E-state index contributed by atoms with van der Waals surface area (Å²) in [6.45, 7) is 2.24. The second-order valence-corrected chi connectivity index (χ2v) is 9.25. The molecule has 6 nitrogen and oxygen atoms in total. The number of unbranched alkanes of at least 4 members (excludes halogenated alkanes) is 13. The van der Waals surface area contributed by atoms with Crippen LogP contribution in [0.3, 0.4) is 0 Å². The standard InChI is InChI=1S/C23H42O6S.3Na/c1-2-3-4-5-6-7-8-9-10-11-12-13-14-15-16-30-18-20(23(28)29)19(22(26)27)17-21(24)25;;;/h19-20H,2-18H2,1H3,(H,24,25)(H,26,27)(H,28,29);;;/q;3*+1/p-3. The number of hydrogen-bond acceptors (Lipinski definition) is 7. The molecule has 0 saturated heterocycles. The van der Waals surface area contributed by atoms with Gasteiger partial charge in [0.2, 0.25) is 0 Å². The zero-order valence-electron chi connectivity index (χ0n) is 21.5. The molecule has 0 rings (SSSR count). The maximum atomic E-state index is 11.2. The fourth-order valence-corrected chi connectivity index (χ4v) is 4.72.